The van der Waals surface area contributed by atoms with Crippen molar-refractivity contribution in [3.63, 3.8) is 0 Å². The second kappa shape index (κ2) is 13.9. The number of hydrogen-bond acceptors (Lipinski definition) is 6. The first kappa shape index (κ1) is 27.6. The first-order valence-corrected chi connectivity index (χ1v) is 11.5. The first-order valence-electron chi connectivity index (χ1n) is 11.5. The third kappa shape index (κ3) is 8.63. The summed E-state index contributed by atoms with van der Waals surface area (Å²) in [5, 5.41) is 9.30. The summed E-state index contributed by atoms with van der Waals surface area (Å²) < 4.78 is 11.6. The number of carbonyl (C=O) groups is 2. The van der Waals surface area contributed by atoms with E-state index in [0.29, 0.717) is 13.1 Å². The number of aliphatic carboxylic acids is 1. The van der Waals surface area contributed by atoms with Crippen LogP contribution in [0.4, 0.5) is 0 Å². The van der Waals surface area contributed by atoms with E-state index in [9.17, 15) is 14.7 Å². The molecular formula is C26H35ClN2O5. The topological polar surface area (TPSA) is 79.3 Å². The molecule has 2 aromatic rings. The molecule has 1 saturated heterocycles. The van der Waals surface area contributed by atoms with Crippen molar-refractivity contribution in [2.24, 2.45) is 0 Å². The van der Waals surface area contributed by atoms with Gasteiger partial charge in [0.15, 0.2) is 0 Å². The van der Waals surface area contributed by atoms with Crippen molar-refractivity contribution < 1.29 is 24.2 Å². The summed E-state index contributed by atoms with van der Waals surface area (Å²) in [4.78, 5) is 28.2. The number of hydrogen-bond donors (Lipinski definition) is 1. The molecule has 1 N–H and O–H groups in total. The first-order chi connectivity index (χ1) is 15.9. The highest BCUT2D eigenvalue weighted by Crippen LogP contribution is 2.21. The number of halogens is 1. The lowest BCUT2D eigenvalue weighted by Gasteiger charge is -2.36. The van der Waals surface area contributed by atoms with Gasteiger partial charge in [0.05, 0.1) is 6.42 Å². The lowest BCUT2D eigenvalue weighted by Crippen LogP contribution is -2.53. The minimum atomic E-state index is -1.01. The minimum absolute atomic E-state index is 0. The summed E-state index contributed by atoms with van der Waals surface area (Å²) >= 11 is 0. The Bertz CT molecular complexity index is 903. The molecule has 0 amide bonds. The quantitative estimate of drug-likeness (QED) is 0.484. The van der Waals surface area contributed by atoms with Crippen LogP contribution in [-0.2, 0) is 27.2 Å². The minimum Gasteiger partial charge on any atom is -0.489 e. The van der Waals surface area contributed by atoms with E-state index in [1.165, 1.54) is 5.56 Å². The Labute approximate surface area is 208 Å². The molecule has 1 fully saturated rings. The molecule has 8 heteroatoms. The van der Waals surface area contributed by atoms with Crippen molar-refractivity contribution in [2.75, 3.05) is 39.8 Å². The lowest BCUT2D eigenvalue weighted by atomic mass is 10.0. The highest BCUT2D eigenvalue weighted by Gasteiger charge is 2.32. The Hall–Kier alpha value is -2.61. The molecule has 2 atom stereocenters. The largest absolute Gasteiger partial charge is 0.489 e. The van der Waals surface area contributed by atoms with Gasteiger partial charge >= 0.3 is 11.9 Å². The van der Waals surface area contributed by atoms with Crippen LogP contribution < -0.4 is 4.74 Å². The van der Waals surface area contributed by atoms with Gasteiger partial charge in [-0.3, -0.25) is 14.5 Å². The van der Waals surface area contributed by atoms with Gasteiger partial charge < -0.3 is 19.5 Å². The second-order valence-corrected chi connectivity index (χ2v) is 8.60. The van der Waals surface area contributed by atoms with Gasteiger partial charge in [-0.05, 0) is 44.0 Å². The number of carbonyl (C=O) groups excluding carboxylic acids is 1. The highest BCUT2D eigenvalue weighted by atomic mass is 35.5. The summed E-state index contributed by atoms with van der Waals surface area (Å²) in [6.45, 7) is 4.85. The van der Waals surface area contributed by atoms with Crippen molar-refractivity contribution in [2.45, 2.75) is 38.3 Å². The third-order valence-electron chi connectivity index (χ3n) is 5.91. The summed E-state index contributed by atoms with van der Waals surface area (Å²) in [5.74, 6) is -0.736. The molecule has 186 valence electrons. The molecule has 1 heterocycles. The van der Waals surface area contributed by atoms with Crippen molar-refractivity contribution in [1.29, 1.82) is 0 Å². The molecular weight excluding hydrogens is 456 g/mol. The van der Waals surface area contributed by atoms with Crippen molar-refractivity contribution in [3.8, 4) is 5.75 Å². The van der Waals surface area contributed by atoms with Gasteiger partial charge in [0.2, 0.25) is 0 Å². The number of rotatable bonds is 11. The molecule has 0 bridgehead atoms. The van der Waals surface area contributed by atoms with Gasteiger partial charge in [-0.15, -0.1) is 12.4 Å². The van der Waals surface area contributed by atoms with Crippen molar-refractivity contribution in [1.82, 2.24) is 9.80 Å². The Balaban J connectivity index is 0.00000408. The maximum absolute atomic E-state index is 12.8. The lowest BCUT2D eigenvalue weighted by molar-refractivity contribution is -0.160. The molecule has 2 aromatic carbocycles. The van der Waals surface area contributed by atoms with Crippen LogP contribution in [0.25, 0.3) is 0 Å². The van der Waals surface area contributed by atoms with Gasteiger partial charge in [-0.25, -0.2) is 0 Å². The number of aryl methyl sites for hydroxylation is 2. The van der Waals surface area contributed by atoms with Gasteiger partial charge in [-0.2, -0.15) is 0 Å². The number of likely N-dealkylation sites (N-methyl/N-ethyl adjacent to an activating group) is 1. The van der Waals surface area contributed by atoms with E-state index in [1.807, 2.05) is 54.4 Å². The molecule has 0 radical (unpaired) electrons. The number of carboxylic acid groups (broad SMARTS) is 1. The van der Waals surface area contributed by atoms with Crippen LogP contribution in [-0.4, -0.2) is 78.8 Å². The zero-order valence-corrected chi connectivity index (χ0v) is 20.7. The van der Waals surface area contributed by atoms with Gasteiger partial charge in [0.25, 0.3) is 0 Å². The molecule has 0 saturated carbocycles. The van der Waals surface area contributed by atoms with Crippen molar-refractivity contribution in [3.05, 3.63) is 65.7 Å². The number of ether oxygens (including phenoxy) is 2. The fraction of sp³-hybridized carbons (Fsp3) is 0.462. The summed E-state index contributed by atoms with van der Waals surface area (Å²) in [7, 11) is 2.01. The summed E-state index contributed by atoms with van der Waals surface area (Å²) in [6, 6.07) is 17.4. The predicted octanol–water partition coefficient (Wildman–Crippen LogP) is 3.29. The van der Waals surface area contributed by atoms with Crippen molar-refractivity contribution >= 4 is 24.3 Å². The Morgan fingerprint density at radius 1 is 0.971 bits per heavy atom. The fourth-order valence-electron chi connectivity index (χ4n) is 3.95. The van der Waals surface area contributed by atoms with E-state index in [4.69, 9.17) is 9.47 Å². The zero-order valence-electron chi connectivity index (χ0n) is 19.9. The standard InChI is InChI=1S/C26H34N2O5.ClH/c1-20(33-26(31)23(18-25(29)30)28-16-14-27(2)15-17-28)19-32-24-11-7-6-10-22(24)13-12-21-8-4-3-5-9-21;/h3-11,20,23H,12-19H2,1-2H3,(H,29,30);1H. The number of esters is 1. The SMILES string of the molecule is CC(COc1ccccc1CCc1ccccc1)OC(=O)C(CC(=O)O)N1CCN(C)CC1.Cl. The normalized spacial score (nSPS) is 16.2. The molecule has 1 aliphatic heterocycles. The number of benzene rings is 2. The monoisotopic (exact) mass is 490 g/mol. The van der Waals surface area contributed by atoms with Gasteiger partial charge in [-0.1, -0.05) is 48.5 Å². The molecule has 0 aliphatic carbocycles. The van der Waals surface area contributed by atoms with Crippen LogP contribution in [0.3, 0.4) is 0 Å². The van der Waals surface area contributed by atoms with E-state index in [2.05, 4.69) is 17.0 Å². The fourth-order valence-corrected chi connectivity index (χ4v) is 3.95. The smallest absolute Gasteiger partial charge is 0.324 e. The summed E-state index contributed by atoms with van der Waals surface area (Å²) in [6.07, 6.45) is 0.994. The maximum Gasteiger partial charge on any atom is 0.324 e. The molecule has 0 spiro atoms. The van der Waals surface area contributed by atoms with Gasteiger partial charge in [0.1, 0.15) is 24.5 Å². The van der Waals surface area contributed by atoms with Gasteiger partial charge in [0, 0.05) is 26.2 Å². The molecule has 3 rings (SSSR count). The van der Waals surface area contributed by atoms with Crippen LogP contribution in [0.2, 0.25) is 0 Å². The van der Waals surface area contributed by atoms with Crippen LogP contribution in [0, 0.1) is 0 Å². The number of nitrogens with zero attached hydrogens (tertiary/aromatic N) is 2. The maximum atomic E-state index is 12.8. The Morgan fingerprint density at radius 2 is 1.62 bits per heavy atom. The van der Waals surface area contributed by atoms with Crippen LogP contribution in [0.15, 0.2) is 54.6 Å². The molecule has 0 aromatic heterocycles. The van der Waals surface area contributed by atoms with Crippen LogP contribution >= 0.6 is 12.4 Å². The Kier molecular flexibility index (Phi) is 11.3. The van der Waals surface area contributed by atoms with Crippen LogP contribution in [0.1, 0.15) is 24.5 Å². The van der Waals surface area contributed by atoms with E-state index >= 15 is 0 Å². The van der Waals surface area contributed by atoms with E-state index < -0.39 is 24.1 Å². The number of carboxylic acids is 1. The average Bonchev–Trinajstić information content (AvgIpc) is 2.81. The zero-order chi connectivity index (χ0) is 23.6. The van der Waals surface area contributed by atoms with Crippen LogP contribution in [0.5, 0.6) is 5.75 Å². The number of piperazine rings is 1. The molecule has 34 heavy (non-hydrogen) atoms. The average molecular weight is 491 g/mol. The second-order valence-electron chi connectivity index (χ2n) is 8.60. The molecule has 7 nitrogen and oxygen atoms in total. The molecule has 2 unspecified atom stereocenters. The summed E-state index contributed by atoms with van der Waals surface area (Å²) in [5.41, 5.74) is 2.36. The predicted molar refractivity (Wildman–Crippen MR) is 134 cm³/mol. The van der Waals surface area contributed by atoms with E-state index in [1.54, 1.807) is 6.92 Å². The third-order valence-corrected chi connectivity index (χ3v) is 5.91. The van der Waals surface area contributed by atoms with E-state index in [-0.39, 0.29) is 25.4 Å². The van der Waals surface area contributed by atoms with E-state index in [0.717, 1.165) is 37.2 Å². The number of para-hydroxylation sites is 1. The molecule has 1 aliphatic rings. The Morgan fingerprint density at radius 3 is 2.29 bits per heavy atom. The highest BCUT2D eigenvalue weighted by molar-refractivity contribution is 5.85.